The Morgan fingerprint density at radius 2 is 2.24 bits per heavy atom. The van der Waals surface area contributed by atoms with E-state index in [1.54, 1.807) is 12.4 Å². The van der Waals surface area contributed by atoms with Crippen LogP contribution in [0, 0.1) is 0 Å². The highest BCUT2D eigenvalue weighted by molar-refractivity contribution is 6.31. The van der Waals surface area contributed by atoms with Crippen LogP contribution in [-0.4, -0.2) is 21.1 Å². The predicted octanol–water partition coefficient (Wildman–Crippen LogP) is 2.17. The molecule has 2 heterocycles. The summed E-state index contributed by atoms with van der Waals surface area (Å²) in [7, 11) is 1.96. The number of rotatable bonds is 4. The number of hydrogen-bond acceptors (Lipinski definition) is 3. The first-order chi connectivity index (χ1) is 8.24. The molecule has 0 radical (unpaired) electrons. The van der Waals surface area contributed by atoms with Crippen molar-refractivity contribution in [2.75, 3.05) is 6.54 Å². The van der Waals surface area contributed by atoms with Gasteiger partial charge < -0.3 is 9.88 Å². The molecule has 0 amide bonds. The summed E-state index contributed by atoms with van der Waals surface area (Å²) >= 11 is 6.18. The molecular weight excluding hydrogens is 236 g/mol. The van der Waals surface area contributed by atoms with E-state index >= 15 is 0 Å². The van der Waals surface area contributed by atoms with Gasteiger partial charge in [0, 0.05) is 25.6 Å². The van der Waals surface area contributed by atoms with E-state index in [2.05, 4.69) is 15.3 Å². The molecule has 0 aromatic carbocycles. The molecule has 2 aromatic rings. The van der Waals surface area contributed by atoms with Crippen LogP contribution in [0.5, 0.6) is 0 Å². The van der Waals surface area contributed by atoms with Crippen molar-refractivity contribution in [1.82, 2.24) is 19.9 Å². The van der Waals surface area contributed by atoms with Crippen molar-refractivity contribution in [1.29, 1.82) is 0 Å². The first-order valence-corrected chi connectivity index (χ1v) is 5.92. The van der Waals surface area contributed by atoms with Crippen molar-refractivity contribution in [3.8, 4) is 0 Å². The first-order valence-electron chi connectivity index (χ1n) is 5.55. The number of imidazole rings is 1. The van der Waals surface area contributed by atoms with Gasteiger partial charge >= 0.3 is 0 Å². The second-order valence-electron chi connectivity index (χ2n) is 3.76. The molecule has 5 heteroatoms. The molecule has 17 heavy (non-hydrogen) atoms. The maximum absolute atomic E-state index is 6.18. The number of aromatic nitrogens is 3. The third-order valence-corrected chi connectivity index (χ3v) is 2.90. The van der Waals surface area contributed by atoms with Crippen LogP contribution in [-0.2, 0) is 7.05 Å². The lowest BCUT2D eigenvalue weighted by Gasteiger charge is -2.18. The summed E-state index contributed by atoms with van der Waals surface area (Å²) in [4.78, 5) is 8.70. The van der Waals surface area contributed by atoms with Crippen LogP contribution in [0.1, 0.15) is 24.5 Å². The van der Waals surface area contributed by atoms with Crippen LogP contribution in [0.4, 0.5) is 0 Å². The Bertz CT molecular complexity index is 495. The molecule has 1 N–H and O–H groups in total. The Morgan fingerprint density at radius 3 is 2.82 bits per heavy atom. The fourth-order valence-corrected chi connectivity index (χ4v) is 2.01. The minimum atomic E-state index is -0.0753. The van der Waals surface area contributed by atoms with Crippen molar-refractivity contribution >= 4 is 11.6 Å². The maximum Gasteiger partial charge on any atom is 0.131 e. The molecule has 0 aliphatic heterocycles. The molecule has 0 bridgehead atoms. The molecule has 90 valence electrons. The van der Waals surface area contributed by atoms with Crippen molar-refractivity contribution in [2.24, 2.45) is 7.05 Å². The minimum Gasteiger partial charge on any atom is -0.336 e. The summed E-state index contributed by atoms with van der Waals surface area (Å²) < 4.78 is 1.97. The molecular formula is C12H15ClN4. The van der Waals surface area contributed by atoms with Crippen molar-refractivity contribution in [3.63, 3.8) is 0 Å². The summed E-state index contributed by atoms with van der Waals surface area (Å²) in [5.41, 5.74) is 0.810. The largest absolute Gasteiger partial charge is 0.336 e. The summed E-state index contributed by atoms with van der Waals surface area (Å²) in [5, 5.41) is 4.01. The fourth-order valence-electron chi connectivity index (χ4n) is 1.78. The molecule has 2 aromatic heterocycles. The lowest BCUT2D eigenvalue weighted by Crippen LogP contribution is -2.25. The Labute approximate surface area is 106 Å². The van der Waals surface area contributed by atoms with E-state index in [1.807, 2.05) is 36.9 Å². The number of nitrogens with zero attached hydrogens (tertiary/aromatic N) is 3. The average Bonchev–Trinajstić information content (AvgIpc) is 2.74. The Morgan fingerprint density at radius 1 is 1.41 bits per heavy atom. The molecule has 0 spiro atoms. The summed E-state index contributed by atoms with van der Waals surface area (Å²) in [6, 6.07) is 3.60. The lowest BCUT2D eigenvalue weighted by atomic mass is 10.1. The van der Waals surface area contributed by atoms with Gasteiger partial charge in [-0.25, -0.2) is 4.98 Å². The van der Waals surface area contributed by atoms with Gasteiger partial charge in [0.2, 0.25) is 0 Å². The van der Waals surface area contributed by atoms with Crippen LogP contribution in [0.3, 0.4) is 0 Å². The van der Waals surface area contributed by atoms with E-state index in [-0.39, 0.29) is 6.04 Å². The maximum atomic E-state index is 6.18. The molecule has 0 aliphatic carbocycles. The third-order valence-electron chi connectivity index (χ3n) is 2.59. The predicted molar refractivity (Wildman–Crippen MR) is 68.0 cm³/mol. The van der Waals surface area contributed by atoms with Crippen molar-refractivity contribution < 1.29 is 0 Å². The van der Waals surface area contributed by atoms with E-state index in [0.717, 1.165) is 18.1 Å². The summed E-state index contributed by atoms with van der Waals surface area (Å²) in [6.45, 7) is 2.87. The minimum absolute atomic E-state index is 0.0753. The molecule has 4 nitrogen and oxygen atoms in total. The molecule has 0 fully saturated rings. The van der Waals surface area contributed by atoms with Gasteiger partial charge in [-0.1, -0.05) is 18.5 Å². The molecule has 2 rings (SSSR count). The zero-order valence-corrected chi connectivity index (χ0v) is 10.6. The highest BCUT2D eigenvalue weighted by Crippen LogP contribution is 2.24. The third kappa shape index (κ3) is 2.48. The fraction of sp³-hybridized carbons (Fsp3) is 0.333. The van der Waals surface area contributed by atoms with Crippen LogP contribution in [0.25, 0.3) is 0 Å². The number of halogens is 1. The van der Waals surface area contributed by atoms with Gasteiger partial charge in [-0.15, -0.1) is 0 Å². The Balaban J connectivity index is 2.43. The second-order valence-corrected chi connectivity index (χ2v) is 4.16. The zero-order valence-electron chi connectivity index (χ0n) is 9.89. The lowest BCUT2D eigenvalue weighted by molar-refractivity contribution is 0.565. The average molecular weight is 251 g/mol. The Kier molecular flexibility index (Phi) is 3.76. The summed E-state index contributed by atoms with van der Waals surface area (Å²) in [6.07, 6.45) is 5.43. The van der Waals surface area contributed by atoms with Gasteiger partial charge in [-0.2, -0.15) is 0 Å². The molecule has 1 unspecified atom stereocenters. The molecule has 1 atom stereocenters. The highest BCUT2D eigenvalue weighted by atomic mass is 35.5. The van der Waals surface area contributed by atoms with E-state index in [9.17, 15) is 0 Å². The SMILES string of the molecule is CCNC(c1ncccc1Cl)c1nccn1C. The van der Waals surface area contributed by atoms with Gasteiger partial charge in [0.05, 0.1) is 10.7 Å². The number of pyridine rings is 1. The van der Waals surface area contributed by atoms with E-state index < -0.39 is 0 Å². The van der Waals surface area contributed by atoms with Gasteiger partial charge in [0.15, 0.2) is 0 Å². The zero-order chi connectivity index (χ0) is 12.3. The number of aryl methyl sites for hydroxylation is 1. The van der Waals surface area contributed by atoms with Gasteiger partial charge in [0.1, 0.15) is 11.9 Å². The molecule has 0 saturated carbocycles. The topological polar surface area (TPSA) is 42.7 Å². The van der Waals surface area contributed by atoms with Crippen LogP contribution < -0.4 is 5.32 Å². The molecule has 0 saturated heterocycles. The van der Waals surface area contributed by atoms with Crippen LogP contribution >= 0.6 is 11.6 Å². The number of hydrogen-bond donors (Lipinski definition) is 1. The normalized spacial score (nSPS) is 12.6. The van der Waals surface area contributed by atoms with Gasteiger partial charge in [-0.3, -0.25) is 4.98 Å². The standard InChI is InChI=1S/C12H15ClN4/c1-3-14-11(12-16-7-8-17(12)2)10-9(13)5-4-6-15-10/h4-8,11,14H,3H2,1-2H3. The van der Waals surface area contributed by atoms with E-state index in [0.29, 0.717) is 5.02 Å². The first kappa shape index (κ1) is 12.1. The van der Waals surface area contributed by atoms with E-state index in [1.165, 1.54) is 0 Å². The quantitative estimate of drug-likeness (QED) is 0.904. The smallest absolute Gasteiger partial charge is 0.131 e. The monoisotopic (exact) mass is 250 g/mol. The number of nitrogens with one attached hydrogen (secondary N) is 1. The Hall–Kier alpha value is -1.39. The highest BCUT2D eigenvalue weighted by Gasteiger charge is 2.20. The van der Waals surface area contributed by atoms with Gasteiger partial charge in [-0.05, 0) is 18.7 Å². The second kappa shape index (κ2) is 5.29. The summed E-state index contributed by atoms with van der Waals surface area (Å²) in [5.74, 6) is 0.910. The van der Waals surface area contributed by atoms with Crippen molar-refractivity contribution in [3.05, 3.63) is 47.3 Å². The van der Waals surface area contributed by atoms with Crippen LogP contribution in [0.2, 0.25) is 5.02 Å². The van der Waals surface area contributed by atoms with Crippen LogP contribution in [0.15, 0.2) is 30.7 Å². The van der Waals surface area contributed by atoms with E-state index in [4.69, 9.17) is 11.6 Å². The van der Waals surface area contributed by atoms with Gasteiger partial charge in [0.25, 0.3) is 0 Å². The van der Waals surface area contributed by atoms with Crippen molar-refractivity contribution in [2.45, 2.75) is 13.0 Å². The molecule has 0 aliphatic rings.